The lowest BCUT2D eigenvalue weighted by molar-refractivity contribution is -0.118. The Kier molecular flexibility index (Phi) is 3.98. The van der Waals surface area contributed by atoms with Gasteiger partial charge in [-0.3, -0.25) is 9.59 Å². The van der Waals surface area contributed by atoms with Crippen LogP contribution < -0.4 is 10.1 Å². The Bertz CT molecular complexity index is 821. The van der Waals surface area contributed by atoms with Gasteiger partial charge in [0.25, 0.3) is 5.91 Å². The highest BCUT2D eigenvalue weighted by Gasteiger charge is 2.17. The first kappa shape index (κ1) is 15.0. The second-order valence-corrected chi connectivity index (χ2v) is 5.59. The van der Waals surface area contributed by atoms with E-state index in [9.17, 15) is 9.59 Å². The number of carbonyl (C=O) groups is 2. The molecule has 3 rings (SSSR count). The number of allylic oxidation sites excluding steroid dienone is 1. The second kappa shape index (κ2) is 6.08. The van der Waals surface area contributed by atoms with E-state index in [1.165, 1.54) is 17.2 Å². The molecule has 2 aromatic carbocycles. The minimum absolute atomic E-state index is 0.00692. The summed E-state index contributed by atoms with van der Waals surface area (Å²) in [5, 5.41) is 2.70. The zero-order chi connectivity index (χ0) is 16.4. The van der Waals surface area contributed by atoms with Crippen molar-refractivity contribution >= 4 is 23.5 Å². The number of ether oxygens (including phenoxy) is 1. The molecule has 116 valence electrons. The Morgan fingerprint density at radius 2 is 1.96 bits per heavy atom. The molecular weight excluding hydrogens is 290 g/mol. The van der Waals surface area contributed by atoms with E-state index < -0.39 is 0 Å². The van der Waals surface area contributed by atoms with E-state index in [1.54, 1.807) is 24.3 Å². The smallest absolute Gasteiger partial charge is 0.262 e. The summed E-state index contributed by atoms with van der Waals surface area (Å²) in [5.41, 5.74) is 4.43. The van der Waals surface area contributed by atoms with Gasteiger partial charge < -0.3 is 10.1 Å². The quantitative estimate of drug-likeness (QED) is 0.697. The van der Waals surface area contributed by atoms with Gasteiger partial charge >= 0.3 is 0 Å². The fourth-order valence-electron chi connectivity index (χ4n) is 2.37. The summed E-state index contributed by atoms with van der Waals surface area (Å²) in [6.45, 7) is 4.10. The minimum atomic E-state index is -0.215. The van der Waals surface area contributed by atoms with Crippen LogP contribution in [0.15, 0.2) is 42.5 Å². The van der Waals surface area contributed by atoms with Gasteiger partial charge in [-0.15, -0.1) is 0 Å². The Morgan fingerprint density at radius 1 is 1.13 bits per heavy atom. The van der Waals surface area contributed by atoms with Gasteiger partial charge in [0, 0.05) is 5.56 Å². The van der Waals surface area contributed by atoms with Gasteiger partial charge in [-0.25, -0.2) is 0 Å². The number of amides is 1. The second-order valence-electron chi connectivity index (χ2n) is 5.59. The summed E-state index contributed by atoms with van der Waals surface area (Å²) in [6.07, 6.45) is 3.33. The number of anilines is 1. The largest absolute Gasteiger partial charge is 0.482 e. The summed E-state index contributed by atoms with van der Waals surface area (Å²) >= 11 is 0. The first-order valence-electron chi connectivity index (χ1n) is 7.39. The Morgan fingerprint density at radius 3 is 2.74 bits per heavy atom. The van der Waals surface area contributed by atoms with Crippen molar-refractivity contribution in [3.8, 4) is 5.75 Å². The molecule has 1 aliphatic rings. The highest BCUT2D eigenvalue weighted by atomic mass is 16.5. The zero-order valence-electron chi connectivity index (χ0n) is 13.1. The lowest BCUT2D eigenvalue weighted by Gasteiger charge is -2.17. The van der Waals surface area contributed by atoms with E-state index in [2.05, 4.69) is 12.2 Å². The summed E-state index contributed by atoms with van der Waals surface area (Å²) in [6, 6.07) is 11.1. The number of carbonyl (C=O) groups excluding carboxylic acids is 2. The number of benzene rings is 2. The van der Waals surface area contributed by atoms with Crippen LogP contribution in [0.2, 0.25) is 0 Å². The molecule has 1 amide bonds. The predicted molar refractivity (Wildman–Crippen MR) is 89.8 cm³/mol. The zero-order valence-corrected chi connectivity index (χ0v) is 13.1. The van der Waals surface area contributed by atoms with Crippen LogP contribution in [0.1, 0.15) is 27.0 Å². The van der Waals surface area contributed by atoms with Gasteiger partial charge in [0.05, 0.1) is 5.69 Å². The number of fused-ring (bicyclic) bond motifs is 1. The molecule has 0 fully saturated rings. The minimum Gasteiger partial charge on any atom is -0.482 e. The molecule has 0 aliphatic carbocycles. The maximum atomic E-state index is 12.3. The van der Waals surface area contributed by atoms with Gasteiger partial charge in [-0.2, -0.15) is 0 Å². The molecule has 1 heterocycles. The fourth-order valence-corrected chi connectivity index (χ4v) is 2.37. The van der Waals surface area contributed by atoms with Crippen LogP contribution in [-0.4, -0.2) is 18.3 Å². The van der Waals surface area contributed by atoms with Gasteiger partial charge in [-0.05, 0) is 54.8 Å². The third-order valence-corrected chi connectivity index (χ3v) is 3.86. The van der Waals surface area contributed by atoms with Crippen LogP contribution in [0.25, 0.3) is 6.08 Å². The molecule has 4 nitrogen and oxygen atoms in total. The molecule has 23 heavy (non-hydrogen) atoms. The molecule has 4 heteroatoms. The van der Waals surface area contributed by atoms with E-state index in [4.69, 9.17) is 4.74 Å². The first-order chi connectivity index (χ1) is 11.0. The Labute approximate surface area is 134 Å². The molecule has 0 saturated carbocycles. The molecule has 2 aromatic rings. The van der Waals surface area contributed by atoms with Crippen molar-refractivity contribution in [1.29, 1.82) is 0 Å². The fraction of sp³-hybridized carbons (Fsp3) is 0.158. The van der Waals surface area contributed by atoms with Gasteiger partial charge in [-0.1, -0.05) is 24.3 Å². The predicted octanol–water partition coefficient (Wildman–Crippen LogP) is 3.53. The topological polar surface area (TPSA) is 55.4 Å². The van der Waals surface area contributed by atoms with E-state index in [1.807, 2.05) is 25.1 Å². The molecule has 0 spiro atoms. The summed E-state index contributed by atoms with van der Waals surface area (Å²) in [4.78, 5) is 23.6. The summed E-state index contributed by atoms with van der Waals surface area (Å²) < 4.78 is 5.28. The number of hydrogen-bond donors (Lipinski definition) is 1. The number of aryl methyl sites for hydroxylation is 2. The average Bonchev–Trinajstić information content (AvgIpc) is 2.55. The van der Waals surface area contributed by atoms with Crippen molar-refractivity contribution in [1.82, 2.24) is 0 Å². The molecule has 0 bridgehead atoms. The molecule has 0 saturated heterocycles. The lowest BCUT2D eigenvalue weighted by atomic mass is 10.0. The van der Waals surface area contributed by atoms with Crippen molar-refractivity contribution in [3.05, 3.63) is 64.7 Å². The molecule has 0 radical (unpaired) electrons. The SMILES string of the molecule is Cc1ccc(/C=C/C(=O)c2ccc3c(c2)NC(=O)CO3)cc1C. The molecule has 0 atom stereocenters. The van der Waals surface area contributed by atoms with E-state index in [0.29, 0.717) is 17.0 Å². The third-order valence-electron chi connectivity index (χ3n) is 3.86. The van der Waals surface area contributed by atoms with Crippen LogP contribution in [0, 0.1) is 13.8 Å². The van der Waals surface area contributed by atoms with Gasteiger partial charge in [0.1, 0.15) is 5.75 Å². The van der Waals surface area contributed by atoms with E-state index in [-0.39, 0.29) is 18.3 Å². The monoisotopic (exact) mass is 307 g/mol. The van der Waals surface area contributed by atoms with Gasteiger partial charge in [0.2, 0.25) is 0 Å². The molecule has 1 N–H and O–H groups in total. The number of rotatable bonds is 3. The first-order valence-corrected chi connectivity index (χ1v) is 7.39. The highest BCUT2D eigenvalue weighted by Crippen LogP contribution is 2.28. The maximum absolute atomic E-state index is 12.3. The van der Waals surface area contributed by atoms with Crippen molar-refractivity contribution < 1.29 is 14.3 Å². The summed E-state index contributed by atoms with van der Waals surface area (Å²) in [7, 11) is 0. The third kappa shape index (κ3) is 3.31. The molecular formula is C19H17NO3. The molecule has 1 aliphatic heterocycles. The van der Waals surface area contributed by atoms with Gasteiger partial charge in [0.15, 0.2) is 12.4 Å². The van der Waals surface area contributed by atoms with E-state index >= 15 is 0 Å². The van der Waals surface area contributed by atoms with Crippen molar-refractivity contribution in [3.63, 3.8) is 0 Å². The Balaban J connectivity index is 1.80. The van der Waals surface area contributed by atoms with Crippen molar-refractivity contribution in [2.75, 3.05) is 11.9 Å². The lowest BCUT2D eigenvalue weighted by Crippen LogP contribution is -2.25. The summed E-state index contributed by atoms with van der Waals surface area (Å²) in [5.74, 6) is 0.248. The number of ketones is 1. The van der Waals surface area contributed by atoms with Crippen LogP contribution in [0.3, 0.4) is 0 Å². The van der Waals surface area contributed by atoms with Crippen LogP contribution in [-0.2, 0) is 4.79 Å². The highest BCUT2D eigenvalue weighted by molar-refractivity contribution is 6.08. The van der Waals surface area contributed by atoms with Crippen molar-refractivity contribution in [2.24, 2.45) is 0 Å². The average molecular weight is 307 g/mol. The van der Waals surface area contributed by atoms with Crippen molar-refractivity contribution in [2.45, 2.75) is 13.8 Å². The van der Waals surface area contributed by atoms with Crippen LogP contribution in [0.4, 0.5) is 5.69 Å². The normalized spacial score (nSPS) is 13.4. The maximum Gasteiger partial charge on any atom is 0.262 e. The number of nitrogens with one attached hydrogen (secondary N) is 1. The van der Waals surface area contributed by atoms with E-state index in [0.717, 1.165) is 5.56 Å². The van der Waals surface area contributed by atoms with Crippen LogP contribution in [0.5, 0.6) is 5.75 Å². The Hall–Kier alpha value is -2.88. The molecule has 0 aromatic heterocycles. The molecule has 0 unspecified atom stereocenters. The number of hydrogen-bond acceptors (Lipinski definition) is 3. The van der Waals surface area contributed by atoms with Crippen LogP contribution >= 0.6 is 0 Å². The standard InChI is InChI=1S/C19H17NO3/c1-12-3-4-14(9-13(12)2)5-7-17(21)15-6-8-18-16(10-15)20-19(22)11-23-18/h3-10H,11H2,1-2H3,(H,20,22)/b7-5+.